The minimum atomic E-state index is 0.0534. The minimum absolute atomic E-state index is 0.0534. The molecule has 0 aliphatic heterocycles. The summed E-state index contributed by atoms with van der Waals surface area (Å²) in [6, 6.07) is 6.35. The third-order valence-electron chi connectivity index (χ3n) is 2.82. The van der Waals surface area contributed by atoms with E-state index < -0.39 is 0 Å². The summed E-state index contributed by atoms with van der Waals surface area (Å²) in [6.45, 7) is 6.14. The van der Waals surface area contributed by atoms with E-state index in [4.69, 9.17) is 11.6 Å². The molecule has 1 aromatic rings. The Labute approximate surface area is 108 Å². The molecule has 1 rings (SSSR count). The monoisotopic (exact) mass is 253 g/mol. The van der Waals surface area contributed by atoms with Crippen molar-refractivity contribution in [3.05, 3.63) is 34.9 Å². The van der Waals surface area contributed by atoms with E-state index in [0.717, 1.165) is 6.42 Å². The van der Waals surface area contributed by atoms with Crippen LogP contribution in [-0.4, -0.2) is 11.8 Å². The first-order chi connectivity index (χ1) is 8.04. The average Bonchev–Trinajstić information content (AvgIpc) is 2.29. The van der Waals surface area contributed by atoms with Crippen LogP contribution in [0.25, 0.3) is 0 Å². The lowest BCUT2D eigenvalue weighted by Crippen LogP contribution is -2.26. The first kappa shape index (κ1) is 14.0. The number of hydrogen-bond acceptors (Lipinski definition) is 1. The molecular weight excluding hydrogens is 234 g/mol. The summed E-state index contributed by atoms with van der Waals surface area (Å²) in [5, 5.41) is 3.00. The first-order valence-electron chi connectivity index (χ1n) is 5.97. The largest absolute Gasteiger partial charge is 0.350 e. The summed E-state index contributed by atoms with van der Waals surface area (Å²) in [5.41, 5.74) is 3.61. The second kappa shape index (κ2) is 6.65. The Morgan fingerprint density at radius 2 is 2.12 bits per heavy atom. The van der Waals surface area contributed by atoms with Crippen LogP contribution in [0.4, 0.5) is 0 Å². The molecule has 0 saturated heterocycles. The van der Waals surface area contributed by atoms with Gasteiger partial charge in [0.1, 0.15) is 0 Å². The number of hydrogen-bond donors (Lipinski definition) is 1. The summed E-state index contributed by atoms with van der Waals surface area (Å²) in [7, 11) is 0. The normalized spacial score (nSPS) is 12.2. The molecular formula is C14H20ClNO. The zero-order valence-corrected chi connectivity index (χ0v) is 11.5. The van der Waals surface area contributed by atoms with Gasteiger partial charge in [-0.1, -0.05) is 23.8 Å². The van der Waals surface area contributed by atoms with Crippen LogP contribution in [-0.2, 0) is 4.79 Å². The fraction of sp³-hybridized carbons (Fsp3) is 0.500. The molecule has 3 heteroatoms. The molecule has 2 nitrogen and oxygen atoms in total. The highest BCUT2D eigenvalue weighted by Crippen LogP contribution is 2.18. The maximum Gasteiger partial charge on any atom is 0.220 e. The van der Waals surface area contributed by atoms with Crippen LogP contribution in [0.2, 0.25) is 0 Å². The number of aryl methyl sites for hydroxylation is 2. The fourth-order valence-electron chi connectivity index (χ4n) is 1.85. The Bertz CT molecular complexity index is 390. The molecule has 0 radical (unpaired) electrons. The van der Waals surface area contributed by atoms with Crippen molar-refractivity contribution in [3.63, 3.8) is 0 Å². The topological polar surface area (TPSA) is 29.1 Å². The first-order valence-corrected chi connectivity index (χ1v) is 6.50. The minimum Gasteiger partial charge on any atom is -0.350 e. The Morgan fingerprint density at radius 1 is 1.41 bits per heavy atom. The Hall–Kier alpha value is -1.02. The predicted octanol–water partition coefficient (Wildman–Crippen LogP) is 3.50. The van der Waals surface area contributed by atoms with Gasteiger partial charge in [-0.2, -0.15) is 0 Å². The van der Waals surface area contributed by atoms with Gasteiger partial charge in [-0.05, 0) is 38.3 Å². The molecule has 0 aromatic heterocycles. The van der Waals surface area contributed by atoms with Crippen molar-refractivity contribution in [1.29, 1.82) is 0 Å². The third kappa shape index (κ3) is 4.39. The van der Waals surface area contributed by atoms with Crippen molar-refractivity contribution in [3.8, 4) is 0 Å². The third-order valence-corrected chi connectivity index (χ3v) is 3.08. The van der Waals surface area contributed by atoms with Crippen LogP contribution in [0, 0.1) is 13.8 Å². The average molecular weight is 254 g/mol. The van der Waals surface area contributed by atoms with Gasteiger partial charge in [-0.15, -0.1) is 11.6 Å². The standard InChI is InChI=1S/C14H20ClNO/c1-10-6-7-11(2)13(9-10)12(3)16-14(17)5-4-8-15/h6-7,9,12H,4-5,8H2,1-3H3,(H,16,17). The van der Waals surface area contributed by atoms with E-state index in [0.29, 0.717) is 12.3 Å². The number of alkyl halides is 1. The summed E-state index contributed by atoms with van der Waals surface area (Å²) < 4.78 is 0. The highest BCUT2D eigenvalue weighted by Gasteiger charge is 2.11. The van der Waals surface area contributed by atoms with Crippen LogP contribution in [0.15, 0.2) is 18.2 Å². The van der Waals surface area contributed by atoms with E-state index in [1.165, 1.54) is 16.7 Å². The molecule has 0 aliphatic carbocycles. The van der Waals surface area contributed by atoms with Gasteiger partial charge in [0.25, 0.3) is 0 Å². The SMILES string of the molecule is Cc1ccc(C)c(C(C)NC(=O)CCCCl)c1. The molecule has 94 valence electrons. The smallest absolute Gasteiger partial charge is 0.220 e. The highest BCUT2D eigenvalue weighted by molar-refractivity contribution is 6.17. The molecule has 0 heterocycles. The number of carbonyl (C=O) groups is 1. The zero-order valence-electron chi connectivity index (χ0n) is 10.7. The Kier molecular flexibility index (Phi) is 5.49. The number of rotatable bonds is 5. The van der Waals surface area contributed by atoms with Gasteiger partial charge in [0.05, 0.1) is 6.04 Å². The second-order valence-corrected chi connectivity index (χ2v) is 4.82. The zero-order chi connectivity index (χ0) is 12.8. The molecule has 1 N–H and O–H groups in total. The Morgan fingerprint density at radius 3 is 2.76 bits per heavy atom. The van der Waals surface area contributed by atoms with E-state index in [2.05, 4.69) is 37.4 Å². The molecule has 17 heavy (non-hydrogen) atoms. The van der Waals surface area contributed by atoms with Crippen molar-refractivity contribution >= 4 is 17.5 Å². The summed E-state index contributed by atoms with van der Waals surface area (Å²) in [6.07, 6.45) is 1.23. The lowest BCUT2D eigenvalue weighted by Gasteiger charge is -2.17. The van der Waals surface area contributed by atoms with Gasteiger partial charge >= 0.3 is 0 Å². The molecule has 0 saturated carbocycles. The molecule has 0 spiro atoms. The van der Waals surface area contributed by atoms with Crippen molar-refractivity contribution in [2.45, 2.75) is 39.7 Å². The van der Waals surface area contributed by atoms with Gasteiger partial charge in [0.15, 0.2) is 0 Å². The van der Waals surface area contributed by atoms with E-state index in [-0.39, 0.29) is 11.9 Å². The Balaban J connectivity index is 2.66. The fourth-order valence-corrected chi connectivity index (χ4v) is 1.98. The van der Waals surface area contributed by atoms with Crippen LogP contribution < -0.4 is 5.32 Å². The van der Waals surface area contributed by atoms with Crippen molar-refractivity contribution in [2.24, 2.45) is 0 Å². The van der Waals surface area contributed by atoms with Gasteiger partial charge in [-0.3, -0.25) is 4.79 Å². The van der Waals surface area contributed by atoms with E-state index >= 15 is 0 Å². The number of amides is 1. The molecule has 1 unspecified atom stereocenters. The maximum atomic E-state index is 11.6. The van der Waals surface area contributed by atoms with E-state index in [1.54, 1.807) is 0 Å². The molecule has 0 bridgehead atoms. The molecule has 1 aromatic carbocycles. The summed E-state index contributed by atoms with van der Waals surface area (Å²) in [4.78, 5) is 11.6. The number of halogens is 1. The van der Waals surface area contributed by atoms with E-state index in [1.807, 2.05) is 6.92 Å². The van der Waals surface area contributed by atoms with Crippen LogP contribution >= 0.6 is 11.6 Å². The van der Waals surface area contributed by atoms with Crippen LogP contribution in [0.5, 0.6) is 0 Å². The van der Waals surface area contributed by atoms with Crippen molar-refractivity contribution < 1.29 is 4.79 Å². The summed E-state index contributed by atoms with van der Waals surface area (Å²) in [5.74, 6) is 0.602. The predicted molar refractivity (Wildman–Crippen MR) is 72.4 cm³/mol. The molecule has 1 atom stereocenters. The number of nitrogens with one attached hydrogen (secondary N) is 1. The summed E-state index contributed by atoms with van der Waals surface area (Å²) >= 11 is 5.57. The molecule has 1 amide bonds. The molecule has 0 fully saturated rings. The van der Waals surface area contributed by atoms with Crippen molar-refractivity contribution in [2.75, 3.05) is 5.88 Å². The number of benzene rings is 1. The van der Waals surface area contributed by atoms with Gasteiger partial charge in [0.2, 0.25) is 5.91 Å². The van der Waals surface area contributed by atoms with Crippen molar-refractivity contribution in [1.82, 2.24) is 5.32 Å². The number of carbonyl (C=O) groups excluding carboxylic acids is 1. The van der Waals surface area contributed by atoms with Gasteiger partial charge < -0.3 is 5.32 Å². The lowest BCUT2D eigenvalue weighted by molar-refractivity contribution is -0.121. The maximum absolute atomic E-state index is 11.6. The van der Waals surface area contributed by atoms with E-state index in [9.17, 15) is 4.79 Å². The molecule has 0 aliphatic rings. The van der Waals surface area contributed by atoms with Crippen LogP contribution in [0.3, 0.4) is 0 Å². The highest BCUT2D eigenvalue weighted by atomic mass is 35.5. The lowest BCUT2D eigenvalue weighted by atomic mass is 10.00. The van der Waals surface area contributed by atoms with Gasteiger partial charge in [-0.25, -0.2) is 0 Å². The van der Waals surface area contributed by atoms with Gasteiger partial charge in [0, 0.05) is 12.3 Å². The second-order valence-electron chi connectivity index (χ2n) is 4.44. The van der Waals surface area contributed by atoms with Crippen LogP contribution in [0.1, 0.15) is 42.5 Å². The quantitative estimate of drug-likeness (QED) is 0.800.